The van der Waals surface area contributed by atoms with Crippen molar-refractivity contribution in [3.8, 4) is 0 Å². The van der Waals surface area contributed by atoms with Crippen LogP contribution in [0.15, 0.2) is 30.3 Å². The number of rotatable bonds is 3. The number of nitrogens with one attached hydrogen (secondary N) is 1. The molecule has 0 radical (unpaired) electrons. The highest BCUT2D eigenvalue weighted by Gasteiger charge is 2.07. The zero-order valence-corrected chi connectivity index (χ0v) is 12.3. The largest absolute Gasteiger partial charge is 0.397 e. The summed E-state index contributed by atoms with van der Waals surface area (Å²) >= 11 is 0. The van der Waals surface area contributed by atoms with E-state index in [1.165, 1.54) is 11.6 Å². The van der Waals surface area contributed by atoms with E-state index < -0.39 is 0 Å². The molecule has 0 bridgehead atoms. The van der Waals surface area contributed by atoms with Gasteiger partial charge in [-0.2, -0.15) is 0 Å². The minimum atomic E-state index is -0.286. The Morgan fingerprint density at radius 3 is 2.40 bits per heavy atom. The summed E-state index contributed by atoms with van der Waals surface area (Å²) in [5.41, 5.74) is 10.8. The van der Waals surface area contributed by atoms with Gasteiger partial charge in [-0.15, -0.1) is 0 Å². The van der Waals surface area contributed by atoms with Gasteiger partial charge in [0.05, 0.1) is 11.4 Å². The minimum Gasteiger partial charge on any atom is -0.397 e. The van der Waals surface area contributed by atoms with E-state index in [1.54, 1.807) is 13.0 Å². The van der Waals surface area contributed by atoms with Crippen molar-refractivity contribution in [1.82, 2.24) is 0 Å². The summed E-state index contributed by atoms with van der Waals surface area (Å²) in [5.74, 6) is -0.286. The maximum atomic E-state index is 13.4. The van der Waals surface area contributed by atoms with Gasteiger partial charge in [-0.05, 0) is 49.2 Å². The molecule has 106 valence electrons. The van der Waals surface area contributed by atoms with Crippen molar-refractivity contribution >= 4 is 22.7 Å². The number of nitrogen functional groups attached to an aromatic ring is 1. The highest BCUT2D eigenvalue weighted by atomic mass is 19.1. The molecule has 0 amide bonds. The van der Waals surface area contributed by atoms with E-state index >= 15 is 0 Å². The summed E-state index contributed by atoms with van der Waals surface area (Å²) in [4.78, 5) is 2.06. The van der Waals surface area contributed by atoms with Crippen LogP contribution in [0.2, 0.25) is 0 Å². The van der Waals surface area contributed by atoms with Crippen LogP contribution in [0, 0.1) is 19.7 Å². The summed E-state index contributed by atoms with van der Waals surface area (Å²) in [6, 6.07) is 9.15. The lowest BCUT2D eigenvalue weighted by molar-refractivity contribution is 0.619. The standard InChI is InChI=1S/C16H20FN3/c1-10-5-6-12(8-16(10)20(3)4)19-15-7-11(2)13(17)9-14(15)18/h5-9,19H,18H2,1-4H3. The molecule has 0 unspecified atom stereocenters. The zero-order chi connectivity index (χ0) is 14.9. The van der Waals surface area contributed by atoms with E-state index in [1.807, 2.05) is 32.3 Å². The van der Waals surface area contributed by atoms with Gasteiger partial charge in [0.15, 0.2) is 0 Å². The van der Waals surface area contributed by atoms with Crippen LogP contribution >= 0.6 is 0 Å². The first-order valence-corrected chi connectivity index (χ1v) is 6.49. The number of hydrogen-bond acceptors (Lipinski definition) is 3. The van der Waals surface area contributed by atoms with Gasteiger partial charge in [0.25, 0.3) is 0 Å². The van der Waals surface area contributed by atoms with Gasteiger partial charge >= 0.3 is 0 Å². The maximum absolute atomic E-state index is 13.4. The molecule has 0 aromatic heterocycles. The molecule has 20 heavy (non-hydrogen) atoms. The lowest BCUT2D eigenvalue weighted by atomic mass is 10.1. The molecule has 0 saturated carbocycles. The summed E-state index contributed by atoms with van der Waals surface area (Å²) in [5, 5.41) is 3.24. The molecule has 2 aromatic carbocycles. The van der Waals surface area contributed by atoms with E-state index in [4.69, 9.17) is 5.73 Å². The Labute approximate surface area is 119 Å². The molecule has 0 atom stereocenters. The Balaban J connectivity index is 2.35. The molecule has 0 fully saturated rings. The van der Waals surface area contributed by atoms with Crippen molar-refractivity contribution in [2.75, 3.05) is 30.0 Å². The lowest BCUT2D eigenvalue weighted by Crippen LogP contribution is -2.10. The van der Waals surface area contributed by atoms with Gasteiger partial charge in [0, 0.05) is 25.5 Å². The van der Waals surface area contributed by atoms with Crippen LogP contribution in [0.1, 0.15) is 11.1 Å². The molecule has 2 rings (SSSR count). The van der Waals surface area contributed by atoms with Crippen LogP contribution in [-0.2, 0) is 0 Å². The van der Waals surface area contributed by atoms with E-state index in [0.29, 0.717) is 11.3 Å². The first-order valence-electron chi connectivity index (χ1n) is 6.49. The Morgan fingerprint density at radius 2 is 1.75 bits per heavy atom. The molecule has 3 N–H and O–H groups in total. The fourth-order valence-electron chi connectivity index (χ4n) is 2.13. The van der Waals surface area contributed by atoms with E-state index in [0.717, 1.165) is 17.1 Å². The maximum Gasteiger partial charge on any atom is 0.128 e. The summed E-state index contributed by atoms with van der Waals surface area (Å²) in [6.07, 6.45) is 0. The highest BCUT2D eigenvalue weighted by Crippen LogP contribution is 2.29. The van der Waals surface area contributed by atoms with Gasteiger partial charge in [0.1, 0.15) is 5.82 Å². The molecule has 4 heteroatoms. The van der Waals surface area contributed by atoms with Crippen molar-refractivity contribution in [1.29, 1.82) is 0 Å². The molecule has 0 heterocycles. The molecule has 0 aliphatic heterocycles. The second-order valence-corrected chi connectivity index (χ2v) is 5.21. The number of aryl methyl sites for hydroxylation is 2. The Kier molecular flexibility index (Phi) is 3.84. The van der Waals surface area contributed by atoms with Crippen LogP contribution in [0.25, 0.3) is 0 Å². The summed E-state index contributed by atoms with van der Waals surface area (Å²) in [6.45, 7) is 3.79. The van der Waals surface area contributed by atoms with Crippen molar-refractivity contribution in [2.45, 2.75) is 13.8 Å². The molecule has 0 aliphatic rings. The SMILES string of the molecule is Cc1cc(Nc2ccc(C)c(N(C)C)c2)c(N)cc1F. The minimum absolute atomic E-state index is 0.286. The molecule has 0 saturated heterocycles. The van der Waals surface area contributed by atoms with Gasteiger partial charge in [-0.25, -0.2) is 4.39 Å². The van der Waals surface area contributed by atoms with Crippen LogP contribution in [-0.4, -0.2) is 14.1 Å². The number of anilines is 4. The normalized spacial score (nSPS) is 10.4. The molecule has 0 spiro atoms. The van der Waals surface area contributed by atoms with E-state index in [2.05, 4.69) is 17.1 Å². The number of benzene rings is 2. The predicted octanol–water partition coefficient (Wildman–Crippen LogP) is 3.83. The third-order valence-electron chi connectivity index (χ3n) is 3.30. The van der Waals surface area contributed by atoms with Crippen LogP contribution in [0.4, 0.5) is 27.1 Å². The topological polar surface area (TPSA) is 41.3 Å². The smallest absolute Gasteiger partial charge is 0.128 e. The Bertz CT molecular complexity index is 636. The highest BCUT2D eigenvalue weighted by molar-refractivity contribution is 5.75. The first-order chi connectivity index (χ1) is 9.38. The van der Waals surface area contributed by atoms with Crippen LogP contribution in [0.3, 0.4) is 0 Å². The third-order valence-corrected chi connectivity index (χ3v) is 3.30. The quantitative estimate of drug-likeness (QED) is 0.835. The molecule has 2 aromatic rings. The van der Waals surface area contributed by atoms with Gasteiger partial charge in [-0.1, -0.05) is 6.07 Å². The summed E-state index contributed by atoms with van der Waals surface area (Å²) in [7, 11) is 4.00. The van der Waals surface area contributed by atoms with Crippen molar-refractivity contribution < 1.29 is 4.39 Å². The monoisotopic (exact) mass is 273 g/mol. The molecule has 3 nitrogen and oxygen atoms in total. The molecular formula is C16H20FN3. The second-order valence-electron chi connectivity index (χ2n) is 5.21. The number of halogens is 1. The number of nitrogens with two attached hydrogens (primary N) is 1. The molecule has 0 aliphatic carbocycles. The third kappa shape index (κ3) is 2.85. The van der Waals surface area contributed by atoms with Crippen molar-refractivity contribution in [2.24, 2.45) is 0 Å². The van der Waals surface area contributed by atoms with Gasteiger partial charge < -0.3 is 16.0 Å². The first kappa shape index (κ1) is 14.2. The van der Waals surface area contributed by atoms with Gasteiger partial charge in [0.2, 0.25) is 0 Å². The number of hydrogen-bond donors (Lipinski definition) is 2. The average Bonchev–Trinajstić information content (AvgIpc) is 2.37. The van der Waals surface area contributed by atoms with Crippen molar-refractivity contribution in [3.05, 3.63) is 47.3 Å². The predicted molar refractivity (Wildman–Crippen MR) is 84.3 cm³/mol. The average molecular weight is 273 g/mol. The van der Waals surface area contributed by atoms with Crippen LogP contribution < -0.4 is 16.0 Å². The second kappa shape index (κ2) is 5.41. The Morgan fingerprint density at radius 1 is 1.05 bits per heavy atom. The Hall–Kier alpha value is -2.23. The number of nitrogens with zero attached hydrogens (tertiary/aromatic N) is 1. The van der Waals surface area contributed by atoms with Gasteiger partial charge in [-0.3, -0.25) is 0 Å². The van der Waals surface area contributed by atoms with E-state index in [-0.39, 0.29) is 5.82 Å². The zero-order valence-electron chi connectivity index (χ0n) is 12.3. The van der Waals surface area contributed by atoms with Crippen LogP contribution in [0.5, 0.6) is 0 Å². The lowest BCUT2D eigenvalue weighted by Gasteiger charge is -2.18. The fourth-order valence-corrected chi connectivity index (χ4v) is 2.13. The fraction of sp³-hybridized carbons (Fsp3) is 0.250. The molecular weight excluding hydrogens is 253 g/mol. The summed E-state index contributed by atoms with van der Waals surface area (Å²) < 4.78 is 13.4. The van der Waals surface area contributed by atoms with E-state index in [9.17, 15) is 4.39 Å². The van der Waals surface area contributed by atoms with Crippen molar-refractivity contribution in [3.63, 3.8) is 0 Å².